The van der Waals surface area contributed by atoms with Crippen LogP contribution in [0.1, 0.15) is 19.3 Å². The minimum atomic E-state index is -2.72. The lowest BCUT2D eigenvalue weighted by atomic mass is 9.97. The Morgan fingerprint density at radius 1 is 1.33 bits per heavy atom. The molecular formula is C8H15NO2S. The van der Waals surface area contributed by atoms with Crippen molar-refractivity contribution in [3.05, 3.63) is 0 Å². The first-order valence-electron chi connectivity index (χ1n) is 4.57. The van der Waals surface area contributed by atoms with Crippen LogP contribution in [0.3, 0.4) is 0 Å². The molecule has 0 aromatic heterocycles. The summed E-state index contributed by atoms with van der Waals surface area (Å²) in [4.78, 5) is 0. The van der Waals surface area contributed by atoms with Crippen LogP contribution < -0.4 is 5.73 Å². The summed E-state index contributed by atoms with van der Waals surface area (Å²) < 4.78 is 22.6. The number of sulfone groups is 1. The fourth-order valence-corrected chi connectivity index (χ4v) is 3.86. The first-order chi connectivity index (χ1) is 5.65. The summed E-state index contributed by atoms with van der Waals surface area (Å²) in [6.45, 7) is 0.550. The van der Waals surface area contributed by atoms with Crippen LogP contribution >= 0.6 is 0 Å². The van der Waals surface area contributed by atoms with Gasteiger partial charge in [0, 0.05) is 0 Å². The van der Waals surface area contributed by atoms with E-state index < -0.39 is 9.84 Å². The average Bonchev–Trinajstić information content (AvgIpc) is 2.80. The van der Waals surface area contributed by atoms with Crippen LogP contribution in [0.5, 0.6) is 0 Å². The van der Waals surface area contributed by atoms with Gasteiger partial charge in [0.15, 0.2) is 9.84 Å². The quantitative estimate of drug-likeness (QED) is 0.688. The van der Waals surface area contributed by atoms with E-state index in [1.807, 2.05) is 0 Å². The summed E-state index contributed by atoms with van der Waals surface area (Å²) in [5.41, 5.74) is 5.58. The molecule has 1 aliphatic heterocycles. The Morgan fingerprint density at radius 3 is 2.25 bits per heavy atom. The summed E-state index contributed by atoms with van der Waals surface area (Å²) in [5.74, 6) is 1.28. The molecule has 1 aliphatic carbocycles. The molecule has 2 unspecified atom stereocenters. The Hall–Kier alpha value is -0.0900. The van der Waals surface area contributed by atoms with Crippen molar-refractivity contribution in [3.8, 4) is 0 Å². The van der Waals surface area contributed by atoms with Crippen molar-refractivity contribution < 1.29 is 8.42 Å². The minimum Gasteiger partial charge on any atom is -0.330 e. The maximum Gasteiger partial charge on any atom is 0.153 e. The first-order valence-corrected chi connectivity index (χ1v) is 6.28. The lowest BCUT2D eigenvalue weighted by molar-refractivity contribution is 0.402. The van der Waals surface area contributed by atoms with Gasteiger partial charge in [-0.1, -0.05) is 0 Å². The van der Waals surface area contributed by atoms with Crippen molar-refractivity contribution in [2.45, 2.75) is 24.5 Å². The molecule has 2 aliphatic rings. The van der Waals surface area contributed by atoms with Gasteiger partial charge >= 0.3 is 0 Å². The molecule has 0 radical (unpaired) electrons. The largest absolute Gasteiger partial charge is 0.330 e. The molecule has 0 aromatic carbocycles. The predicted molar refractivity (Wildman–Crippen MR) is 47.5 cm³/mol. The van der Waals surface area contributed by atoms with Gasteiger partial charge in [-0.3, -0.25) is 0 Å². The Labute approximate surface area is 73.2 Å². The Morgan fingerprint density at radius 2 is 2.00 bits per heavy atom. The van der Waals surface area contributed by atoms with E-state index in [0.29, 0.717) is 18.2 Å². The highest BCUT2D eigenvalue weighted by atomic mass is 32.2. The van der Waals surface area contributed by atoms with Crippen LogP contribution in [0.2, 0.25) is 0 Å². The van der Waals surface area contributed by atoms with Crippen molar-refractivity contribution >= 4 is 9.84 Å². The molecule has 2 rings (SSSR count). The molecule has 0 aromatic rings. The summed E-state index contributed by atoms with van der Waals surface area (Å²) >= 11 is 0. The summed E-state index contributed by atoms with van der Waals surface area (Å²) in [6, 6.07) is 0. The monoisotopic (exact) mass is 189 g/mol. The summed E-state index contributed by atoms with van der Waals surface area (Å²) in [7, 11) is -2.72. The highest BCUT2D eigenvalue weighted by molar-refractivity contribution is 7.93. The summed E-state index contributed by atoms with van der Waals surface area (Å²) in [6.07, 6.45) is 3.22. The topological polar surface area (TPSA) is 60.2 Å². The molecule has 0 bridgehead atoms. The third-order valence-electron chi connectivity index (χ3n) is 3.13. The zero-order valence-corrected chi connectivity index (χ0v) is 7.89. The molecular weight excluding hydrogens is 174 g/mol. The fraction of sp³-hybridized carbons (Fsp3) is 1.00. The van der Waals surface area contributed by atoms with E-state index in [4.69, 9.17) is 5.73 Å². The second-order valence-electron chi connectivity index (χ2n) is 3.93. The Balaban J connectivity index is 2.06. The second kappa shape index (κ2) is 2.70. The number of hydrogen-bond acceptors (Lipinski definition) is 3. The third kappa shape index (κ3) is 1.27. The molecule has 1 saturated heterocycles. The zero-order valence-electron chi connectivity index (χ0n) is 7.07. The predicted octanol–water partition coefficient (Wildman–Crippen LogP) is 0.158. The van der Waals surface area contributed by atoms with Gasteiger partial charge in [-0.2, -0.15) is 0 Å². The average molecular weight is 189 g/mol. The molecule has 0 amide bonds. The maximum atomic E-state index is 11.3. The van der Waals surface area contributed by atoms with Crippen molar-refractivity contribution in [1.82, 2.24) is 0 Å². The highest BCUT2D eigenvalue weighted by Gasteiger charge is 2.46. The second-order valence-corrected chi connectivity index (χ2v) is 6.27. The van der Waals surface area contributed by atoms with Crippen molar-refractivity contribution in [2.24, 2.45) is 17.6 Å². The van der Waals surface area contributed by atoms with Crippen LogP contribution in [-0.4, -0.2) is 26.0 Å². The molecule has 1 saturated carbocycles. The van der Waals surface area contributed by atoms with Crippen molar-refractivity contribution in [3.63, 3.8) is 0 Å². The molecule has 0 spiro atoms. The number of hydrogen-bond donors (Lipinski definition) is 1. The SMILES string of the molecule is NCC(C1CC1)C1CCS1(=O)=O. The van der Waals surface area contributed by atoms with Gasteiger partial charge in [-0.25, -0.2) is 8.42 Å². The molecule has 2 atom stereocenters. The van der Waals surface area contributed by atoms with Gasteiger partial charge in [0.1, 0.15) is 0 Å². The molecule has 1 heterocycles. The Bertz CT molecular complexity index is 269. The van der Waals surface area contributed by atoms with E-state index in [0.717, 1.165) is 6.42 Å². The number of rotatable bonds is 3. The van der Waals surface area contributed by atoms with Crippen LogP contribution in [0.25, 0.3) is 0 Å². The highest BCUT2D eigenvalue weighted by Crippen LogP contribution is 2.43. The van der Waals surface area contributed by atoms with E-state index in [1.165, 1.54) is 12.8 Å². The first kappa shape index (κ1) is 8.51. The zero-order chi connectivity index (χ0) is 8.77. The van der Waals surface area contributed by atoms with Crippen LogP contribution in [-0.2, 0) is 9.84 Å². The maximum absolute atomic E-state index is 11.3. The lowest BCUT2D eigenvalue weighted by Gasteiger charge is -2.32. The van der Waals surface area contributed by atoms with Gasteiger partial charge in [-0.05, 0) is 37.6 Å². The van der Waals surface area contributed by atoms with E-state index >= 15 is 0 Å². The fourth-order valence-electron chi connectivity index (χ4n) is 2.10. The van der Waals surface area contributed by atoms with Crippen molar-refractivity contribution in [1.29, 1.82) is 0 Å². The minimum absolute atomic E-state index is 0.0880. The third-order valence-corrected chi connectivity index (χ3v) is 5.44. The van der Waals surface area contributed by atoms with Gasteiger partial charge in [0.2, 0.25) is 0 Å². The molecule has 2 N–H and O–H groups in total. The molecule has 4 heteroatoms. The molecule has 70 valence electrons. The lowest BCUT2D eigenvalue weighted by Crippen LogP contribution is -2.45. The van der Waals surface area contributed by atoms with Crippen LogP contribution in [0.15, 0.2) is 0 Å². The number of nitrogens with two attached hydrogens (primary N) is 1. The molecule has 2 fully saturated rings. The van der Waals surface area contributed by atoms with Crippen LogP contribution in [0, 0.1) is 11.8 Å². The smallest absolute Gasteiger partial charge is 0.153 e. The molecule has 12 heavy (non-hydrogen) atoms. The van der Waals surface area contributed by atoms with E-state index in [1.54, 1.807) is 0 Å². The van der Waals surface area contributed by atoms with E-state index in [9.17, 15) is 8.42 Å². The van der Waals surface area contributed by atoms with Gasteiger partial charge in [0.25, 0.3) is 0 Å². The van der Waals surface area contributed by atoms with E-state index in [2.05, 4.69) is 0 Å². The summed E-state index contributed by atoms with van der Waals surface area (Å²) in [5, 5.41) is -0.0880. The normalized spacial score (nSPS) is 35.6. The molecule has 3 nitrogen and oxygen atoms in total. The van der Waals surface area contributed by atoms with Gasteiger partial charge in [0.05, 0.1) is 11.0 Å². The van der Waals surface area contributed by atoms with Gasteiger partial charge < -0.3 is 5.73 Å². The van der Waals surface area contributed by atoms with Gasteiger partial charge in [-0.15, -0.1) is 0 Å². The standard InChI is InChI=1S/C8H15NO2S/c9-5-7(6-1-2-6)8-3-4-12(8,10)11/h6-8H,1-5,9H2. The van der Waals surface area contributed by atoms with Crippen molar-refractivity contribution in [2.75, 3.05) is 12.3 Å². The van der Waals surface area contributed by atoms with Crippen LogP contribution in [0.4, 0.5) is 0 Å². The van der Waals surface area contributed by atoms with E-state index in [-0.39, 0.29) is 11.2 Å². The Kier molecular flexibility index (Phi) is 1.92.